The number of rotatable bonds is 4. The zero-order chi connectivity index (χ0) is 13.0. The van der Waals surface area contributed by atoms with E-state index >= 15 is 0 Å². The van der Waals surface area contributed by atoms with Crippen LogP contribution in [0.1, 0.15) is 13.3 Å². The third-order valence-corrected chi connectivity index (χ3v) is 2.89. The summed E-state index contributed by atoms with van der Waals surface area (Å²) in [6, 6.07) is 8.34. The Bertz CT molecular complexity index is 479. The zero-order valence-electron chi connectivity index (χ0n) is 10.2. The molecule has 0 saturated carbocycles. The minimum atomic E-state index is -0.815. The highest BCUT2D eigenvalue weighted by molar-refractivity contribution is 5.29. The third kappa shape index (κ3) is 2.77. The fraction of sp³-hybridized carbons (Fsp3) is 0.286. The molecule has 0 heterocycles. The summed E-state index contributed by atoms with van der Waals surface area (Å²) < 4.78 is 5.65. The molecule has 1 aromatic rings. The molecule has 0 saturated heterocycles. The molecule has 2 unspecified atom stereocenters. The molecule has 18 heavy (non-hydrogen) atoms. The van der Waals surface area contributed by atoms with Crippen molar-refractivity contribution in [1.29, 1.82) is 0 Å². The summed E-state index contributed by atoms with van der Waals surface area (Å²) in [5.41, 5.74) is 0.976. The number of allylic oxidation sites excluding steroid dienone is 2. The van der Waals surface area contributed by atoms with Gasteiger partial charge in [0.05, 0.1) is 0 Å². The van der Waals surface area contributed by atoms with Crippen molar-refractivity contribution in [2.45, 2.75) is 25.5 Å². The summed E-state index contributed by atoms with van der Waals surface area (Å²) in [5, 5.41) is 11.1. The minimum absolute atomic E-state index is 0.299. The van der Waals surface area contributed by atoms with Crippen molar-refractivity contribution in [2.24, 2.45) is 0 Å². The first-order valence-corrected chi connectivity index (χ1v) is 5.95. The summed E-state index contributed by atoms with van der Waals surface area (Å²) in [5.74, 6) is 0.646. The van der Waals surface area contributed by atoms with E-state index in [9.17, 15) is 10.1 Å². The van der Waals surface area contributed by atoms with Crippen LogP contribution in [0.15, 0.2) is 54.1 Å². The zero-order valence-corrected chi connectivity index (χ0v) is 10.2. The third-order valence-electron chi connectivity index (χ3n) is 2.89. The molecule has 94 valence electrons. The van der Waals surface area contributed by atoms with Gasteiger partial charge in [-0.3, -0.25) is 10.1 Å². The maximum atomic E-state index is 11.1. The van der Waals surface area contributed by atoms with Crippen LogP contribution in [0.3, 0.4) is 0 Å². The van der Waals surface area contributed by atoms with Crippen LogP contribution in [-0.4, -0.2) is 17.1 Å². The summed E-state index contributed by atoms with van der Waals surface area (Å²) >= 11 is 0. The normalized spacial score (nSPS) is 22.4. The van der Waals surface area contributed by atoms with Gasteiger partial charge in [0.2, 0.25) is 0 Å². The van der Waals surface area contributed by atoms with Crippen LogP contribution in [0.4, 0.5) is 0 Å². The monoisotopic (exact) mass is 245 g/mol. The van der Waals surface area contributed by atoms with Crippen molar-refractivity contribution in [3.05, 3.63) is 64.2 Å². The van der Waals surface area contributed by atoms with Crippen molar-refractivity contribution in [3.63, 3.8) is 0 Å². The quantitative estimate of drug-likeness (QED) is 0.605. The molecule has 2 atom stereocenters. The Morgan fingerprint density at radius 1 is 1.33 bits per heavy atom. The molecule has 1 aliphatic carbocycles. The number of para-hydroxylation sites is 1. The van der Waals surface area contributed by atoms with E-state index in [4.69, 9.17) is 4.74 Å². The fourth-order valence-corrected chi connectivity index (χ4v) is 1.88. The van der Waals surface area contributed by atoms with E-state index in [0.29, 0.717) is 5.75 Å². The second-order valence-corrected chi connectivity index (χ2v) is 4.13. The number of benzene rings is 1. The standard InChI is InChI=1S/C14H15NO3/c1-2-11-8-9-14(13(10-11)15(16)17)18-12-6-4-3-5-7-12/h3-10,13-14H,2H2,1H3. The molecule has 0 amide bonds. The van der Waals surface area contributed by atoms with Crippen molar-refractivity contribution in [2.75, 3.05) is 0 Å². The lowest BCUT2D eigenvalue weighted by atomic mass is 9.99. The van der Waals surface area contributed by atoms with Gasteiger partial charge in [0.1, 0.15) is 5.75 Å². The summed E-state index contributed by atoms with van der Waals surface area (Å²) in [7, 11) is 0. The maximum Gasteiger partial charge on any atom is 0.271 e. The Balaban J connectivity index is 2.16. The molecule has 0 aliphatic heterocycles. The van der Waals surface area contributed by atoms with Gasteiger partial charge in [0.15, 0.2) is 6.10 Å². The lowest BCUT2D eigenvalue weighted by molar-refractivity contribution is -0.517. The molecular formula is C14H15NO3. The maximum absolute atomic E-state index is 11.1. The Kier molecular flexibility index (Phi) is 3.77. The molecular weight excluding hydrogens is 230 g/mol. The van der Waals surface area contributed by atoms with Crippen LogP contribution in [0.25, 0.3) is 0 Å². The van der Waals surface area contributed by atoms with Gasteiger partial charge in [0, 0.05) is 4.92 Å². The van der Waals surface area contributed by atoms with E-state index in [1.165, 1.54) is 0 Å². The van der Waals surface area contributed by atoms with E-state index < -0.39 is 12.1 Å². The summed E-state index contributed by atoms with van der Waals surface area (Å²) in [4.78, 5) is 10.8. The van der Waals surface area contributed by atoms with E-state index in [-0.39, 0.29) is 4.92 Å². The highest BCUT2D eigenvalue weighted by atomic mass is 16.6. The molecule has 2 rings (SSSR count). The van der Waals surface area contributed by atoms with Crippen LogP contribution in [0, 0.1) is 10.1 Å². The van der Waals surface area contributed by atoms with Gasteiger partial charge in [-0.05, 0) is 36.3 Å². The predicted molar refractivity (Wildman–Crippen MR) is 69.2 cm³/mol. The molecule has 1 aromatic carbocycles. The number of hydrogen-bond acceptors (Lipinski definition) is 3. The van der Waals surface area contributed by atoms with Crippen LogP contribution >= 0.6 is 0 Å². The SMILES string of the molecule is CCC1=CC([N+](=O)[O-])C(Oc2ccccc2)C=C1. The highest BCUT2D eigenvalue weighted by Crippen LogP contribution is 2.21. The summed E-state index contributed by atoms with van der Waals surface area (Å²) in [6.07, 6.45) is 5.58. The molecule has 0 fully saturated rings. The van der Waals surface area contributed by atoms with Gasteiger partial charge >= 0.3 is 0 Å². The second-order valence-electron chi connectivity index (χ2n) is 4.13. The first-order chi connectivity index (χ1) is 8.70. The van der Waals surface area contributed by atoms with Crippen LogP contribution in [0.2, 0.25) is 0 Å². The van der Waals surface area contributed by atoms with E-state index in [1.807, 2.05) is 31.2 Å². The number of nitrogens with zero attached hydrogens (tertiary/aromatic N) is 1. The van der Waals surface area contributed by atoms with E-state index in [0.717, 1.165) is 12.0 Å². The summed E-state index contributed by atoms with van der Waals surface area (Å²) in [6.45, 7) is 1.98. The number of nitro groups is 1. The Morgan fingerprint density at radius 2 is 2.06 bits per heavy atom. The van der Waals surface area contributed by atoms with Gasteiger partial charge in [-0.2, -0.15) is 0 Å². The van der Waals surface area contributed by atoms with Crippen molar-refractivity contribution < 1.29 is 9.66 Å². The van der Waals surface area contributed by atoms with E-state index in [1.54, 1.807) is 24.3 Å². The second kappa shape index (κ2) is 5.49. The Labute approximate surface area is 106 Å². The molecule has 1 aliphatic rings. The van der Waals surface area contributed by atoms with E-state index in [2.05, 4.69) is 0 Å². The van der Waals surface area contributed by atoms with Gasteiger partial charge in [-0.25, -0.2) is 0 Å². The largest absolute Gasteiger partial charge is 0.479 e. The van der Waals surface area contributed by atoms with Crippen LogP contribution in [0.5, 0.6) is 5.75 Å². The van der Waals surface area contributed by atoms with Gasteiger partial charge in [-0.15, -0.1) is 0 Å². The topological polar surface area (TPSA) is 52.4 Å². The van der Waals surface area contributed by atoms with Crippen LogP contribution in [-0.2, 0) is 0 Å². The van der Waals surface area contributed by atoms with Crippen LogP contribution < -0.4 is 4.74 Å². The molecule has 0 spiro atoms. The molecule has 0 aromatic heterocycles. The van der Waals surface area contributed by atoms with Gasteiger partial charge in [-0.1, -0.05) is 31.2 Å². The highest BCUT2D eigenvalue weighted by Gasteiger charge is 2.31. The molecule has 0 N–H and O–H groups in total. The number of hydrogen-bond donors (Lipinski definition) is 0. The Morgan fingerprint density at radius 3 is 2.67 bits per heavy atom. The first-order valence-electron chi connectivity index (χ1n) is 5.95. The molecule has 4 heteroatoms. The van der Waals surface area contributed by atoms with Crippen molar-refractivity contribution >= 4 is 0 Å². The Hall–Kier alpha value is -2.10. The van der Waals surface area contributed by atoms with Gasteiger partial charge in [0.25, 0.3) is 6.04 Å². The number of ether oxygens (including phenoxy) is 1. The average Bonchev–Trinajstić information content (AvgIpc) is 2.40. The fourth-order valence-electron chi connectivity index (χ4n) is 1.88. The van der Waals surface area contributed by atoms with Gasteiger partial charge < -0.3 is 4.74 Å². The molecule has 4 nitrogen and oxygen atoms in total. The molecule has 0 radical (unpaired) electrons. The lowest BCUT2D eigenvalue weighted by Crippen LogP contribution is -2.36. The average molecular weight is 245 g/mol. The smallest absolute Gasteiger partial charge is 0.271 e. The lowest BCUT2D eigenvalue weighted by Gasteiger charge is -2.21. The van der Waals surface area contributed by atoms with Crippen molar-refractivity contribution in [3.8, 4) is 5.75 Å². The predicted octanol–water partition coefficient (Wildman–Crippen LogP) is 2.99. The van der Waals surface area contributed by atoms with Crippen molar-refractivity contribution in [1.82, 2.24) is 0 Å². The first kappa shape index (κ1) is 12.4. The molecule has 0 bridgehead atoms. The minimum Gasteiger partial charge on any atom is -0.479 e.